The van der Waals surface area contributed by atoms with Gasteiger partial charge in [0, 0.05) is 44.3 Å². The molecule has 28 heavy (non-hydrogen) atoms. The van der Waals surface area contributed by atoms with Crippen LogP contribution in [0, 0.1) is 0 Å². The zero-order valence-corrected chi connectivity index (χ0v) is 16.2. The Balaban J connectivity index is 1.45. The molecule has 0 amide bonds. The van der Waals surface area contributed by atoms with Crippen LogP contribution in [-0.2, 0) is 0 Å². The summed E-state index contributed by atoms with van der Waals surface area (Å²) in [5.74, 6) is 2.52. The fourth-order valence-corrected chi connectivity index (χ4v) is 3.33. The second-order valence-electron chi connectivity index (χ2n) is 7.03. The molecular formula is C20H24N8. The molecule has 1 aliphatic rings. The summed E-state index contributed by atoms with van der Waals surface area (Å²) in [5, 5.41) is 11.6. The number of aromatic nitrogens is 5. The van der Waals surface area contributed by atoms with Crippen LogP contribution in [0.25, 0.3) is 0 Å². The average molecular weight is 376 g/mol. The highest BCUT2D eigenvalue weighted by Gasteiger charge is 2.20. The van der Waals surface area contributed by atoms with E-state index in [4.69, 9.17) is 0 Å². The van der Waals surface area contributed by atoms with Crippen molar-refractivity contribution >= 4 is 23.4 Å². The molecule has 1 aromatic carbocycles. The number of piperazine rings is 1. The topological polar surface area (TPSA) is 83.0 Å². The summed E-state index contributed by atoms with van der Waals surface area (Å²) >= 11 is 0. The van der Waals surface area contributed by atoms with Crippen LogP contribution < -0.4 is 15.1 Å². The molecule has 4 rings (SSSR count). The molecule has 0 atom stereocenters. The van der Waals surface area contributed by atoms with Crippen molar-refractivity contribution in [3.8, 4) is 0 Å². The normalized spacial score (nSPS) is 14.4. The maximum absolute atomic E-state index is 4.68. The SMILES string of the molecule is CC(C)c1ccccc1Nc1nncc(N2CCN(c3ncccn3)CC2)n1. The lowest BCUT2D eigenvalue weighted by atomic mass is 10.0. The summed E-state index contributed by atoms with van der Waals surface area (Å²) in [6, 6.07) is 10.1. The summed E-state index contributed by atoms with van der Waals surface area (Å²) in [5.41, 5.74) is 2.25. The van der Waals surface area contributed by atoms with Crippen molar-refractivity contribution in [2.75, 3.05) is 41.3 Å². The van der Waals surface area contributed by atoms with Crippen LogP contribution in [0.1, 0.15) is 25.3 Å². The van der Waals surface area contributed by atoms with Crippen LogP contribution in [0.2, 0.25) is 0 Å². The maximum Gasteiger partial charge on any atom is 0.249 e. The van der Waals surface area contributed by atoms with Gasteiger partial charge in [0.1, 0.15) is 0 Å². The zero-order valence-electron chi connectivity index (χ0n) is 16.2. The third kappa shape index (κ3) is 4.00. The smallest absolute Gasteiger partial charge is 0.249 e. The molecule has 1 saturated heterocycles. The zero-order chi connectivity index (χ0) is 19.3. The van der Waals surface area contributed by atoms with Crippen molar-refractivity contribution in [3.05, 3.63) is 54.5 Å². The van der Waals surface area contributed by atoms with Gasteiger partial charge in [-0.1, -0.05) is 32.0 Å². The first-order valence-corrected chi connectivity index (χ1v) is 9.53. The minimum atomic E-state index is 0.410. The number of anilines is 4. The third-order valence-corrected chi connectivity index (χ3v) is 4.81. The molecule has 0 bridgehead atoms. The molecule has 0 radical (unpaired) electrons. The highest BCUT2D eigenvalue weighted by Crippen LogP contribution is 2.26. The Bertz CT molecular complexity index is 907. The molecule has 8 heteroatoms. The quantitative estimate of drug-likeness (QED) is 0.728. The average Bonchev–Trinajstić information content (AvgIpc) is 2.75. The van der Waals surface area contributed by atoms with E-state index in [0.717, 1.165) is 43.6 Å². The van der Waals surface area contributed by atoms with Crippen molar-refractivity contribution in [1.29, 1.82) is 0 Å². The standard InChI is InChI=1S/C20H24N8/c1-15(2)16-6-3-4-7-17(16)24-19-25-18(14-23-26-19)27-10-12-28(13-11-27)20-21-8-5-9-22-20/h3-9,14-15H,10-13H2,1-2H3,(H,24,25,26). The number of benzene rings is 1. The van der Waals surface area contributed by atoms with Gasteiger partial charge in [-0.05, 0) is 23.6 Å². The van der Waals surface area contributed by atoms with Crippen molar-refractivity contribution < 1.29 is 0 Å². The third-order valence-electron chi connectivity index (χ3n) is 4.81. The monoisotopic (exact) mass is 376 g/mol. The minimum absolute atomic E-state index is 0.410. The Morgan fingerprint density at radius 3 is 2.39 bits per heavy atom. The lowest BCUT2D eigenvalue weighted by Crippen LogP contribution is -2.47. The van der Waals surface area contributed by atoms with Gasteiger partial charge in [-0.3, -0.25) is 0 Å². The highest BCUT2D eigenvalue weighted by molar-refractivity contribution is 5.60. The van der Waals surface area contributed by atoms with Gasteiger partial charge in [-0.15, -0.1) is 5.10 Å². The Labute approximate surface area is 164 Å². The molecule has 0 aliphatic carbocycles. The first kappa shape index (κ1) is 18.1. The number of rotatable bonds is 5. The summed E-state index contributed by atoms with van der Waals surface area (Å²) in [4.78, 5) is 17.7. The largest absolute Gasteiger partial charge is 0.352 e. The Morgan fingerprint density at radius 1 is 0.929 bits per heavy atom. The van der Waals surface area contributed by atoms with Gasteiger partial charge in [0.05, 0.1) is 6.20 Å². The molecule has 144 valence electrons. The van der Waals surface area contributed by atoms with Crippen LogP contribution in [0.4, 0.5) is 23.4 Å². The Kier molecular flexibility index (Phi) is 5.27. The molecular weight excluding hydrogens is 352 g/mol. The molecule has 0 saturated carbocycles. The van der Waals surface area contributed by atoms with Gasteiger partial charge in [0.2, 0.25) is 11.9 Å². The fourth-order valence-electron chi connectivity index (χ4n) is 3.33. The molecule has 3 heterocycles. The number of nitrogens with zero attached hydrogens (tertiary/aromatic N) is 7. The molecule has 2 aromatic heterocycles. The second-order valence-corrected chi connectivity index (χ2v) is 7.03. The van der Waals surface area contributed by atoms with E-state index in [9.17, 15) is 0 Å². The summed E-state index contributed by atoms with van der Waals surface area (Å²) in [6.07, 6.45) is 5.26. The molecule has 1 aliphatic heterocycles. The van der Waals surface area contributed by atoms with Crippen LogP contribution in [-0.4, -0.2) is 51.3 Å². The van der Waals surface area contributed by atoms with Crippen molar-refractivity contribution in [2.45, 2.75) is 19.8 Å². The first-order valence-electron chi connectivity index (χ1n) is 9.53. The van der Waals surface area contributed by atoms with E-state index in [0.29, 0.717) is 11.9 Å². The lowest BCUT2D eigenvalue weighted by molar-refractivity contribution is 0.632. The van der Waals surface area contributed by atoms with Gasteiger partial charge in [-0.2, -0.15) is 10.1 Å². The first-order chi connectivity index (χ1) is 13.7. The predicted molar refractivity (Wildman–Crippen MR) is 110 cm³/mol. The van der Waals surface area contributed by atoms with Gasteiger partial charge in [0.15, 0.2) is 5.82 Å². The van der Waals surface area contributed by atoms with Crippen LogP contribution in [0.3, 0.4) is 0 Å². The van der Waals surface area contributed by atoms with Crippen molar-refractivity contribution in [3.63, 3.8) is 0 Å². The van der Waals surface area contributed by atoms with Crippen LogP contribution in [0.5, 0.6) is 0 Å². The molecule has 1 N–H and O–H groups in total. The summed E-state index contributed by atoms with van der Waals surface area (Å²) in [6.45, 7) is 7.69. The van der Waals surface area contributed by atoms with E-state index < -0.39 is 0 Å². The number of nitrogens with one attached hydrogen (secondary N) is 1. The number of hydrogen-bond donors (Lipinski definition) is 1. The molecule has 8 nitrogen and oxygen atoms in total. The fraction of sp³-hybridized carbons (Fsp3) is 0.350. The van der Waals surface area contributed by atoms with Crippen molar-refractivity contribution in [2.24, 2.45) is 0 Å². The van der Waals surface area contributed by atoms with Crippen molar-refractivity contribution in [1.82, 2.24) is 25.1 Å². The molecule has 3 aromatic rings. The summed E-state index contributed by atoms with van der Waals surface area (Å²) < 4.78 is 0. The van der Waals surface area contributed by atoms with Gasteiger partial charge in [-0.25, -0.2) is 9.97 Å². The van der Waals surface area contributed by atoms with Gasteiger partial charge < -0.3 is 15.1 Å². The van der Waals surface area contributed by atoms with E-state index >= 15 is 0 Å². The van der Waals surface area contributed by atoms with E-state index in [1.807, 2.05) is 24.3 Å². The minimum Gasteiger partial charge on any atom is -0.352 e. The summed E-state index contributed by atoms with van der Waals surface area (Å²) in [7, 11) is 0. The Morgan fingerprint density at radius 2 is 1.64 bits per heavy atom. The number of para-hydroxylation sites is 1. The van der Waals surface area contributed by atoms with E-state index in [-0.39, 0.29) is 0 Å². The van der Waals surface area contributed by atoms with Crippen LogP contribution >= 0.6 is 0 Å². The molecule has 0 unspecified atom stereocenters. The van der Waals surface area contributed by atoms with E-state index in [2.05, 4.69) is 60.2 Å². The Hall–Kier alpha value is -3.29. The van der Waals surface area contributed by atoms with Gasteiger partial charge >= 0.3 is 0 Å². The number of hydrogen-bond acceptors (Lipinski definition) is 8. The van der Waals surface area contributed by atoms with E-state index in [1.54, 1.807) is 18.6 Å². The van der Waals surface area contributed by atoms with Crippen LogP contribution in [0.15, 0.2) is 48.9 Å². The van der Waals surface area contributed by atoms with Gasteiger partial charge in [0.25, 0.3) is 0 Å². The maximum atomic E-state index is 4.68. The lowest BCUT2D eigenvalue weighted by Gasteiger charge is -2.35. The molecule has 0 spiro atoms. The van der Waals surface area contributed by atoms with E-state index in [1.165, 1.54) is 5.56 Å². The predicted octanol–water partition coefficient (Wildman–Crippen LogP) is 2.86. The highest BCUT2D eigenvalue weighted by atomic mass is 15.4. The second kappa shape index (κ2) is 8.16. The molecule has 1 fully saturated rings.